The Balaban J connectivity index is 1.97. The number of hydrogen-bond donors (Lipinski definition) is 1. The molecule has 0 spiro atoms. The smallest absolute Gasteiger partial charge is 0.318 e. The Bertz CT molecular complexity index is 400. The maximum atomic E-state index is 5.88. The van der Waals surface area contributed by atoms with Gasteiger partial charge in [0, 0.05) is 12.6 Å². The van der Waals surface area contributed by atoms with Gasteiger partial charge in [0.2, 0.25) is 5.89 Å². The van der Waals surface area contributed by atoms with Crippen LogP contribution in [0, 0.1) is 5.92 Å². The third kappa shape index (κ3) is 4.20. The van der Waals surface area contributed by atoms with Crippen LogP contribution in [-0.4, -0.2) is 29.3 Å². The molecule has 1 fully saturated rings. The number of nitrogens with one attached hydrogen (secondary N) is 1. The van der Waals surface area contributed by atoms with Gasteiger partial charge in [-0.05, 0) is 45.1 Å². The summed E-state index contributed by atoms with van der Waals surface area (Å²) in [7, 11) is 0. The van der Waals surface area contributed by atoms with E-state index in [0.29, 0.717) is 23.9 Å². The second-order valence-electron chi connectivity index (χ2n) is 6.21. The SMILES string of the molecule is CCCNC(C)c1nnc(N(CCC(C)C)C2CC2)o1. The van der Waals surface area contributed by atoms with Crippen LogP contribution in [0.4, 0.5) is 6.01 Å². The highest BCUT2D eigenvalue weighted by Gasteiger charge is 2.32. The fourth-order valence-electron chi connectivity index (χ4n) is 2.18. The van der Waals surface area contributed by atoms with Gasteiger partial charge in [-0.3, -0.25) is 0 Å². The molecule has 0 bridgehead atoms. The van der Waals surface area contributed by atoms with Crippen molar-refractivity contribution in [1.82, 2.24) is 15.5 Å². The number of nitrogens with zero attached hydrogens (tertiary/aromatic N) is 3. The fraction of sp³-hybridized carbons (Fsp3) is 0.867. The van der Waals surface area contributed by atoms with E-state index >= 15 is 0 Å². The molecule has 1 heterocycles. The van der Waals surface area contributed by atoms with E-state index < -0.39 is 0 Å². The highest BCUT2D eigenvalue weighted by molar-refractivity contribution is 5.29. The molecular formula is C15H28N4O. The number of anilines is 1. The zero-order valence-electron chi connectivity index (χ0n) is 13.2. The second-order valence-corrected chi connectivity index (χ2v) is 6.21. The van der Waals surface area contributed by atoms with Gasteiger partial charge < -0.3 is 14.6 Å². The van der Waals surface area contributed by atoms with E-state index in [1.807, 2.05) is 0 Å². The molecule has 1 N–H and O–H groups in total. The molecule has 1 unspecified atom stereocenters. The Labute approximate surface area is 122 Å². The third-order valence-corrected chi connectivity index (χ3v) is 3.68. The first kappa shape index (κ1) is 15.3. The topological polar surface area (TPSA) is 54.2 Å². The Morgan fingerprint density at radius 3 is 2.65 bits per heavy atom. The molecular weight excluding hydrogens is 252 g/mol. The summed E-state index contributed by atoms with van der Waals surface area (Å²) in [4.78, 5) is 2.29. The Morgan fingerprint density at radius 1 is 1.30 bits per heavy atom. The van der Waals surface area contributed by atoms with Crippen LogP contribution in [-0.2, 0) is 0 Å². The van der Waals surface area contributed by atoms with Crippen molar-refractivity contribution < 1.29 is 4.42 Å². The minimum absolute atomic E-state index is 0.127. The molecule has 20 heavy (non-hydrogen) atoms. The van der Waals surface area contributed by atoms with E-state index in [4.69, 9.17) is 4.42 Å². The maximum absolute atomic E-state index is 5.88. The largest absolute Gasteiger partial charge is 0.406 e. The zero-order valence-corrected chi connectivity index (χ0v) is 13.2. The first-order valence-corrected chi connectivity index (χ1v) is 7.95. The lowest BCUT2D eigenvalue weighted by Crippen LogP contribution is -2.28. The van der Waals surface area contributed by atoms with E-state index in [1.165, 1.54) is 12.8 Å². The zero-order chi connectivity index (χ0) is 14.5. The quantitative estimate of drug-likeness (QED) is 0.753. The maximum Gasteiger partial charge on any atom is 0.318 e. The van der Waals surface area contributed by atoms with Crippen LogP contribution in [0.15, 0.2) is 4.42 Å². The van der Waals surface area contributed by atoms with Gasteiger partial charge in [-0.15, -0.1) is 5.10 Å². The molecule has 0 saturated heterocycles. The van der Waals surface area contributed by atoms with Crippen molar-refractivity contribution in [3.8, 4) is 0 Å². The molecule has 5 nitrogen and oxygen atoms in total. The Kier molecular flexibility index (Phi) is 5.40. The lowest BCUT2D eigenvalue weighted by molar-refractivity contribution is 0.410. The predicted molar refractivity (Wildman–Crippen MR) is 80.8 cm³/mol. The second kappa shape index (κ2) is 7.07. The van der Waals surface area contributed by atoms with Crippen molar-refractivity contribution in [3.05, 3.63) is 5.89 Å². The summed E-state index contributed by atoms with van der Waals surface area (Å²) in [6.07, 6.45) is 4.77. The molecule has 1 atom stereocenters. The summed E-state index contributed by atoms with van der Waals surface area (Å²) < 4.78 is 5.88. The molecule has 2 rings (SSSR count). The highest BCUT2D eigenvalue weighted by atomic mass is 16.4. The van der Waals surface area contributed by atoms with Gasteiger partial charge in [-0.25, -0.2) is 0 Å². The molecule has 114 valence electrons. The van der Waals surface area contributed by atoms with Gasteiger partial charge in [0.05, 0.1) is 6.04 Å². The summed E-state index contributed by atoms with van der Waals surface area (Å²) in [6.45, 7) is 10.7. The van der Waals surface area contributed by atoms with Crippen LogP contribution >= 0.6 is 0 Å². The minimum atomic E-state index is 0.127. The molecule has 0 aromatic carbocycles. The van der Waals surface area contributed by atoms with Gasteiger partial charge in [-0.2, -0.15) is 0 Å². The van der Waals surface area contributed by atoms with Gasteiger partial charge in [0.15, 0.2) is 0 Å². The first-order valence-electron chi connectivity index (χ1n) is 7.95. The predicted octanol–water partition coefficient (Wildman–Crippen LogP) is 3.15. The van der Waals surface area contributed by atoms with Crippen molar-refractivity contribution in [3.63, 3.8) is 0 Å². The third-order valence-electron chi connectivity index (χ3n) is 3.68. The van der Waals surface area contributed by atoms with Gasteiger partial charge in [0.1, 0.15) is 0 Å². The van der Waals surface area contributed by atoms with E-state index in [-0.39, 0.29) is 6.04 Å². The van der Waals surface area contributed by atoms with Crippen molar-refractivity contribution in [1.29, 1.82) is 0 Å². The molecule has 5 heteroatoms. The van der Waals surface area contributed by atoms with Gasteiger partial charge >= 0.3 is 6.01 Å². The molecule has 1 saturated carbocycles. The lowest BCUT2D eigenvalue weighted by Gasteiger charge is -2.20. The average molecular weight is 280 g/mol. The molecule has 0 amide bonds. The van der Waals surface area contributed by atoms with Gasteiger partial charge in [-0.1, -0.05) is 25.9 Å². The first-order chi connectivity index (χ1) is 9.61. The standard InChI is InChI=1S/C15H28N4O/c1-5-9-16-12(4)14-17-18-15(20-14)19(13-6-7-13)10-8-11(2)3/h11-13,16H,5-10H2,1-4H3. The van der Waals surface area contributed by atoms with E-state index in [0.717, 1.165) is 25.9 Å². The van der Waals surface area contributed by atoms with Crippen molar-refractivity contribution in [2.24, 2.45) is 5.92 Å². The molecule has 0 radical (unpaired) electrons. The van der Waals surface area contributed by atoms with E-state index in [1.54, 1.807) is 0 Å². The van der Waals surface area contributed by atoms with E-state index in [9.17, 15) is 0 Å². The van der Waals surface area contributed by atoms with Gasteiger partial charge in [0.25, 0.3) is 0 Å². The molecule has 1 aromatic heterocycles. The van der Waals surface area contributed by atoms with Crippen LogP contribution in [0.3, 0.4) is 0 Å². The molecule has 1 aromatic rings. The van der Waals surface area contributed by atoms with Crippen LogP contribution in [0.1, 0.15) is 65.3 Å². The van der Waals surface area contributed by atoms with Crippen molar-refractivity contribution in [2.75, 3.05) is 18.0 Å². The Hall–Kier alpha value is -1.10. The minimum Gasteiger partial charge on any atom is -0.406 e. The van der Waals surface area contributed by atoms with Crippen LogP contribution in [0.2, 0.25) is 0 Å². The van der Waals surface area contributed by atoms with Crippen molar-refractivity contribution in [2.45, 2.75) is 65.5 Å². The Morgan fingerprint density at radius 2 is 2.05 bits per heavy atom. The van der Waals surface area contributed by atoms with Crippen LogP contribution < -0.4 is 10.2 Å². The normalized spacial score (nSPS) is 16.6. The molecule has 1 aliphatic carbocycles. The summed E-state index contributed by atoms with van der Waals surface area (Å²) in [5, 5.41) is 11.8. The number of hydrogen-bond acceptors (Lipinski definition) is 5. The monoisotopic (exact) mass is 280 g/mol. The molecule has 1 aliphatic rings. The summed E-state index contributed by atoms with van der Waals surface area (Å²) in [5.74, 6) is 1.40. The summed E-state index contributed by atoms with van der Waals surface area (Å²) in [5.41, 5.74) is 0. The van der Waals surface area contributed by atoms with Crippen LogP contribution in [0.5, 0.6) is 0 Å². The molecule has 0 aliphatic heterocycles. The van der Waals surface area contributed by atoms with Crippen LogP contribution in [0.25, 0.3) is 0 Å². The summed E-state index contributed by atoms with van der Waals surface area (Å²) in [6, 6.07) is 1.44. The average Bonchev–Trinajstić information content (AvgIpc) is 3.13. The fourth-order valence-corrected chi connectivity index (χ4v) is 2.18. The lowest BCUT2D eigenvalue weighted by atomic mass is 10.1. The highest BCUT2D eigenvalue weighted by Crippen LogP contribution is 2.32. The van der Waals surface area contributed by atoms with Crippen molar-refractivity contribution >= 4 is 6.01 Å². The number of rotatable bonds is 9. The van der Waals surface area contributed by atoms with E-state index in [2.05, 4.69) is 48.1 Å². The summed E-state index contributed by atoms with van der Waals surface area (Å²) >= 11 is 0. The number of aromatic nitrogens is 2.